The number of hydrogen-bond acceptors (Lipinski definition) is 3. The van der Waals surface area contributed by atoms with Gasteiger partial charge in [-0.3, -0.25) is 14.4 Å². The molecule has 0 unspecified atom stereocenters. The maximum absolute atomic E-state index is 12.9. The first kappa shape index (κ1) is 18.4. The number of amides is 3. The molecule has 2 heterocycles. The van der Waals surface area contributed by atoms with Crippen LogP contribution in [0.3, 0.4) is 0 Å². The molecule has 26 heavy (non-hydrogen) atoms. The van der Waals surface area contributed by atoms with Crippen LogP contribution in [0.4, 0.5) is 5.69 Å². The molecule has 0 radical (unpaired) electrons. The van der Waals surface area contributed by atoms with Gasteiger partial charge in [-0.2, -0.15) is 0 Å². The Balaban J connectivity index is 1.75. The fraction of sp³-hybridized carbons (Fsp3) is 0.550. The molecule has 0 saturated carbocycles. The average Bonchev–Trinajstić information content (AvgIpc) is 2.62. The second kappa shape index (κ2) is 7.48. The number of hydrogen-bond donors (Lipinski definition) is 0. The summed E-state index contributed by atoms with van der Waals surface area (Å²) >= 11 is 0. The molecule has 3 rings (SSSR count). The van der Waals surface area contributed by atoms with E-state index in [-0.39, 0.29) is 30.8 Å². The van der Waals surface area contributed by atoms with Gasteiger partial charge in [0, 0.05) is 18.8 Å². The highest BCUT2D eigenvalue weighted by molar-refractivity contribution is 6.01. The number of piperazine rings is 1. The monoisotopic (exact) mass is 357 g/mol. The zero-order chi connectivity index (χ0) is 18.8. The van der Waals surface area contributed by atoms with Gasteiger partial charge in [0.2, 0.25) is 17.7 Å². The number of rotatable bonds is 4. The first-order valence-corrected chi connectivity index (χ1v) is 9.40. The van der Waals surface area contributed by atoms with Crippen LogP contribution >= 0.6 is 0 Å². The molecular formula is C20H27N3O3. The summed E-state index contributed by atoms with van der Waals surface area (Å²) in [7, 11) is 0. The number of nitrogens with zero attached hydrogens (tertiary/aromatic N) is 3. The molecule has 3 amide bonds. The van der Waals surface area contributed by atoms with E-state index in [4.69, 9.17) is 0 Å². The quantitative estimate of drug-likeness (QED) is 0.825. The van der Waals surface area contributed by atoms with Crippen LogP contribution in [0.25, 0.3) is 0 Å². The van der Waals surface area contributed by atoms with Crippen molar-refractivity contribution in [3.05, 3.63) is 29.3 Å². The first-order chi connectivity index (χ1) is 12.4. The van der Waals surface area contributed by atoms with Gasteiger partial charge in [-0.25, -0.2) is 0 Å². The van der Waals surface area contributed by atoms with Crippen LogP contribution in [-0.2, 0) is 20.8 Å². The Morgan fingerprint density at radius 1 is 1.27 bits per heavy atom. The lowest BCUT2D eigenvalue weighted by atomic mass is 9.99. The van der Waals surface area contributed by atoms with Gasteiger partial charge >= 0.3 is 0 Å². The Labute approximate surface area is 154 Å². The minimum atomic E-state index is -0.589. The average molecular weight is 357 g/mol. The lowest BCUT2D eigenvalue weighted by molar-refractivity contribution is -0.156. The number of aryl methyl sites for hydroxylation is 2. The molecule has 6 heteroatoms. The molecule has 1 atom stereocenters. The van der Waals surface area contributed by atoms with E-state index >= 15 is 0 Å². The summed E-state index contributed by atoms with van der Waals surface area (Å²) in [4.78, 5) is 42.7. The van der Waals surface area contributed by atoms with E-state index in [0.29, 0.717) is 13.1 Å². The Morgan fingerprint density at radius 2 is 2.04 bits per heavy atom. The summed E-state index contributed by atoms with van der Waals surface area (Å²) in [5.41, 5.74) is 3.29. The summed E-state index contributed by atoms with van der Waals surface area (Å²) in [5, 5.41) is 0. The zero-order valence-corrected chi connectivity index (χ0v) is 15.8. The third-order valence-corrected chi connectivity index (χ3v) is 5.24. The topological polar surface area (TPSA) is 60.9 Å². The highest BCUT2D eigenvalue weighted by Gasteiger charge is 2.38. The van der Waals surface area contributed by atoms with Crippen LogP contribution in [0, 0.1) is 6.92 Å². The highest BCUT2D eigenvalue weighted by atomic mass is 16.2. The molecular weight excluding hydrogens is 330 g/mol. The maximum atomic E-state index is 12.9. The molecule has 0 bridgehead atoms. The van der Waals surface area contributed by atoms with E-state index in [1.807, 2.05) is 26.0 Å². The van der Waals surface area contributed by atoms with Crippen molar-refractivity contribution in [2.75, 3.05) is 31.1 Å². The van der Waals surface area contributed by atoms with Gasteiger partial charge in [0.25, 0.3) is 0 Å². The van der Waals surface area contributed by atoms with E-state index in [1.165, 1.54) is 16.0 Å². The van der Waals surface area contributed by atoms with Crippen molar-refractivity contribution in [2.45, 2.75) is 46.1 Å². The van der Waals surface area contributed by atoms with Crippen molar-refractivity contribution >= 4 is 23.4 Å². The van der Waals surface area contributed by atoms with E-state index in [1.54, 1.807) is 16.7 Å². The van der Waals surface area contributed by atoms with Crippen molar-refractivity contribution in [3.63, 3.8) is 0 Å². The molecule has 0 aliphatic carbocycles. The Morgan fingerprint density at radius 3 is 2.77 bits per heavy atom. The largest absolute Gasteiger partial charge is 0.332 e. The Hall–Kier alpha value is -2.37. The standard InChI is InChI=1S/C20H27N3O3/c1-4-9-21-12-18(24)23(15(3)20(21)26)13-19(25)22-10-5-6-16-11-14(2)7-8-17(16)22/h7-8,11,15H,4-6,9-10,12-13H2,1-3H3/t15-/m0/s1. The van der Waals surface area contributed by atoms with Crippen molar-refractivity contribution in [1.29, 1.82) is 0 Å². The van der Waals surface area contributed by atoms with Gasteiger partial charge in [-0.05, 0) is 44.7 Å². The van der Waals surface area contributed by atoms with E-state index in [2.05, 4.69) is 6.07 Å². The molecule has 6 nitrogen and oxygen atoms in total. The van der Waals surface area contributed by atoms with E-state index in [0.717, 1.165) is 24.9 Å². The SMILES string of the molecule is CCCN1CC(=O)N(CC(=O)N2CCCc3cc(C)ccc32)[C@@H](C)C1=O. The van der Waals surface area contributed by atoms with Crippen LogP contribution < -0.4 is 4.90 Å². The van der Waals surface area contributed by atoms with Gasteiger partial charge in [0.1, 0.15) is 12.6 Å². The number of anilines is 1. The van der Waals surface area contributed by atoms with Gasteiger partial charge < -0.3 is 14.7 Å². The van der Waals surface area contributed by atoms with E-state index in [9.17, 15) is 14.4 Å². The van der Waals surface area contributed by atoms with Gasteiger partial charge in [0.15, 0.2) is 0 Å². The van der Waals surface area contributed by atoms with Crippen molar-refractivity contribution in [1.82, 2.24) is 9.80 Å². The fourth-order valence-corrected chi connectivity index (χ4v) is 3.85. The summed E-state index contributed by atoms with van der Waals surface area (Å²) < 4.78 is 0. The summed E-state index contributed by atoms with van der Waals surface area (Å²) in [5.74, 6) is -0.347. The molecule has 1 saturated heterocycles. The molecule has 1 aromatic rings. The smallest absolute Gasteiger partial charge is 0.246 e. The Kier molecular flexibility index (Phi) is 5.30. The predicted molar refractivity (Wildman–Crippen MR) is 99.9 cm³/mol. The van der Waals surface area contributed by atoms with Crippen LogP contribution in [-0.4, -0.2) is 59.7 Å². The zero-order valence-electron chi connectivity index (χ0n) is 15.8. The molecule has 1 fully saturated rings. The summed E-state index contributed by atoms with van der Waals surface area (Å²) in [6.07, 6.45) is 2.69. The van der Waals surface area contributed by atoms with Crippen molar-refractivity contribution in [2.24, 2.45) is 0 Å². The van der Waals surface area contributed by atoms with Gasteiger partial charge in [0.05, 0.1) is 6.54 Å². The second-order valence-electron chi connectivity index (χ2n) is 7.24. The van der Waals surface area contributed by atoms with Crippen molar-refractivity contribution in [3.8, 4) is 0 Å². The molecule has 0 aromatic heterocycles. The van der Waals surface area contributed by atoms with Gasteiger partial charge in [-0.15, -0.1) is 0 Å². The van der Waals surface area contributed by atoms with E-state index < -0.39 is 6.04 Å². The van der Waals surface area contributed by atoms with Crippen LogP contribution in [0.5, 0.6) is 0 Å². The predicted octanol–water partition coefficient (Wildman–Crippen LogP) is 1.74. The maximum Gasteiger partial charge on any atom is 0.246 e. The number of fused-ring (bicyclic) bond motifs is 1. The molecule has 2 aliphatic heterocycles. The normalized spacial score (nSPS) is 20.4. The second-order valence-corrected chi connectivity index (χ2v) is 7.24. The fourth-order valence-electron chi connectivity index (χ4n) is 3.85. The first-order valence-electron chi connectivity index (χ1n) is 9.40. The molecule has 0 N–H and O–H groups in total. The highest BCUT2D eigenvalue weighted by Crippen LogP contribution is 2.28. The van der Waals surface area contributed by atoms with Crippen LogP contribution in [0.1, 0.15) is 37.8 Å². The van der Waals surface area contributed by atoms with Crippen LogP contribution in [0.2, 0.25) is 0 Å². The van der Waals surface area contributed by atoms with Crippen LogP contribution in [0.15, 0.2) is 18.2 Å². The summed E-state index contributed by atoms with van der Waals surface area (Å²) in [6.45, 7) is 7.00. The molecule has 1 aromatic carbocycles. The molecule has 2 aliphatic rings. The minimum Gasteiger partial charge on any atom is -0.332 e. The van der Waals surface area contributed by atoms with Crippen molar-refractivity contribution < 1.29 is 14.4 Å². The minimum absolute atomic E-state index is 0.0426. The third kappa shape index (κ3) is 3.45. The number of benzene rings is 1. The molecule has 0 spiro atoms. The number of carbonyl (C=O) groups excluding carboxylic acids is 3. The molecule has 140 valence electrons. The lowest BCUT2D eigenvalue weighted by Crippen LogP contribution is -2.61. The van der Waals surface area contributed by atoms with Gasteiger partial charge in [-0.1, -0.05) is 24.6 Å². The third-order valence-electron chi connectivity index (χ3n) is 5.24. The number of carbonyl (C=O) groups is 3. The Bertz CT molecular complexity index is 731. The summed E-state index contributed by atoms with van der Waals surface area (Å²) in [6, 6.07) is 5.52. The lowest BCUT2D eigenvalue weighted by Gasteiger charge is -2.39.